The van der Waals surface area contributed by atoms with Crippen molar-refractivity contribution in [3.8, 4) is 0 Å². The van der Waals surface area contributed by atoms with Gasteiger partial charge in [0.2, 0.25) is 0 Å². The molecule has 144 valence electrons. The van der Waals surface area contributed by atoms with Crippen LogP contribution in [0.15, 0.2) is 60.7 Å². The Morgan fingerprint density at radius 2 is 1.70 bits per heavy atom. The molecule has 0 aromatic heterocycles. The van der Waals surface area contributed by atoms with Crippen LogP contribution in [0.5, 0.6) is 0 Å². The largest absolute Gasteiger partial charge is 0.445 e. The van der Waals surface area contributed by atoms with E-state index in [0.717, 1.165) is 24.2 Å². The number of hydrogen-bond acceptors (Lipinski definition) is 5. The van der Waals surface area contributed by atoms with Gasteiger partial charge >= 0.3 is 6.09 Å². The molecule has 1 aliphatic heterocycles. The Hall–Kier alpha value is -2.41. The number of rotatable bonds is 7. The minimum absolute atomic E-state index is 0.193. The monoisotopic (exact) mass is 370 g/mol. The van der Waals surface area contributed by atoms with E-state index in [4.69, 9.17) is 9.47 Å². The Balaban J connectivity index is 1.62. The highest BCUT2D eigenvalue weighted by atomic mass is 16.5. The lowest BCUT2D eigenvalue weighted by Crippen LogP contribution is -2.50. The number of alkyl carbamates (subject to hydrolysis) is 1. The predicted octanol–water partition coefficient (Wildman–Crippen LogP) is 2.35. The van der Waals surface area contributed by atoms with Crippen LogP contribution >= 0.6 is 0 Å². The fourth-order valence-corrected chi connectivity index (χ4v) is 3.09. The van der Waals surface area contributed by atoms with Crippen LogP contribution in [-0.4, -0.2) is 55.0 Å². The highest BCUT2D eigenvalue weighted by Gasteiger charge is 2.26. The van der Waals surface area contributed by atoms with Gasteiger partial charge in [-0.1, -0.05) is 60.7 Å². The van der Waals surface area contributed by atoms with Crippen LogP contribution in [0.2, 0.25) is 0 Å². The molecule has 0 bridgehead atoms. The molecule has 2 aromatic rings. The summed E-state index contributed by atoms with van der Waals surface area (Å²) >= 11 is 0. The number of aliphatic hydroxyl groups is 1. The molecule has 2 atom stereocenters. The molecule has 6 nitrogen and oxygen atoms in total. The molecule has 3 rings (SSSR count). The first-order valence-corrected chi connectivity index (χ1v) is 9.23. The number of amides is 1. The number of ether oxygens (including phenoxy) is 2. The molecule has 27 heavy (non-hydrogen) atoms. The summed E-state index contributed by atoms with van der Waals surface area (Å²) in [4.78, 5) is 14.5. The Kier molecular flexibility index (Phi) is 7.21. The SMILES string of the molecule is O=C(NC(CN1CCOCC1)C(O)c1ccccc1)OCc1ccccc1. The van der Waals surface area contributed by atoms with Crippen LogP contribution in [0.1, 0.15) is 17.2 Å². The maximum atomic E-state index is 12.3. The van der Waals surface area contributed by atoms with E-state index in [-0.39, 0.29) is 6.61 Å². The van der Waals surface area contributed by atoms with E-state index in [1.54, 1.807) is 0 Å². The van der Waals surface area contributed by atoms with Crippen molar-refractivity contribution in [1.29, 1.82) is 0 Å². The summed E-state index contributed by atoms with van der Waals surface area (Å²) in [6.45, 7) is 3.59. The summed E-state index contributed by atoms with van der Waals surface area (Å²) in [7, 11) is 0. The van der Waals surface area contributed by atoms with Gasteiger partial charge in [-0.2, -0.15) is 0 Å². The van der Waals surface area contributed by atoms with Crippen LogP contribution in [0.4, 0.5) is 4.79 Å². The van der Waals surface area contributed by atoms with Gasteiger partial charge < -0.3 is 19.9 Å². The van der Waals surface area contributed by atoms with Crippen molar-refractivity contribution < 1.29 is 19.4 Å². The first-order chi connectivity index (χ1) is 13.2. The van der Waals surface area contributed by atoms with E-state index in [2.05, 4.69) is 10.2 Å². The van der Waals surface area contributed by atoms with E-state index in [0.29, 0.717) is 19.8 Å². The first kappa shape index (κ1) is 19.4. The van der Waals surface area contributed by atoms with Crippen LogP contribution in [0.25, 0.3) is 0 Å². The number of aliphatic hydroxyl groups excluding tert-OH is 1. The zero-order valence-electron chi connectivity index (χ0n) is 15.3. The fraction of sp³-hybridized carbons (Fsp3) is 0.381. The molecule has 1 heterocycles. The Bertz CT molecular complexity index is 690. The molecular formula is C21H26N2O4. The number of hydrogen-bond donors (Lipinski definition) is 2. The molecular weight excluding hydrogens is 344 g/mol. The third kappa shape index (κ3) is 6.06. The molecule has 2 aromatic carbocycles. The van der Waals surface area contributed by atoms with E-state index in [1.165, 1.54) is 0 Å². The maximum Gasteiger partial charge on any atom is 0.407 e. The van der Waals surface area contributed by atoms with Gasteiger partial charge in [-0.05, 0) is 11.1 Å². The third-order valence-corrected chi connectivity index (χ3v) is 4.60. The molecule has 0 aliphatic carbocycles. The lowest BCUT2D eigenvalue weighted by molar-refractivity contribution is 0.0194. The number of nitrogens with zero attached hydrogens (tertiary/aromatic N) is 1. The van der Waals surface area contributed by atoms with E-state index in [9.17, 15) is 9.90 Å². The number of morpholine rings is 1. The van der Waals surface area contributed by atoms with Gasteiger partial charge in [0.15, 0.2) is 0 Å². The quantitative estimate of drug-likeness (QED) is 0.783. The third-order valence-electron chi connectivity index (χ3n) is 4.60. The minimum atomic E-state index is -0.821. The van der Waals surface area contributed by atoms with Gasteiger partial charge in [-0.3, -0.25) is 4.90 Å². The summed E-state index contributed by atoms with van der Waals surface area (Å²) in [5, 5.41) is 13.7. The van der Waals surface area contributed by atoms with E-state index in [1.807, 2.05) is 60.7 Å². The molecule has 6 heteroatoms. The second-order valence-electron chi connectivity index (χ2n) is 6.58. The van der Waals surface area contributed by atoms with Crippen molar-refractivity contribution >= 4 is 6.09 Å². The van der Waals surface area contributed by atoms with Gasteiger partial charge in [0.05, 0.1) is 19.3 Å². The number of nitrogens with one attached hydrogen (secondary N) is 1. The van der Waals surface area contributed by atoms with Crippen molar-refractivity contribution in [2.75, 3.05) is 32.8 Å². The molecule has 2 N–H and O–H groups in total. The standard InChI is InChI=1S/C21H26N2O4/c24-20(18-9-5-2-6-10-18)19(15-23-11-13-26-14-12-23)22-21(25)27-16-17-7-3-1-4-8-17/h1-10,19-20,24H,11-16H2,(H,22,25). The average Bonchev–Trinajstić information content (AvgIpc) is 2.73. The topological polar surface area (TPSA) is 71.0 Å². The van der Waals surface area contributed by atoms with Gasteiger partial charge in [-0.25, -0.2) is 4.79 Å². The van der Waals surface area contributed by atoms with E-state index < -0.39 is 18.2 Å². The number of carbonyl (C=O) groups is 1. The first-order valence-electron chi connectivity index (χ1n) is 9.23. The summed E-state index contributed by atoms with van der Waals surface area (Å²) < 4.78 is 10.7. The predicted molar refractivity (Wildman–Crippen MR) is 102 cm³/mol. The lowest BCUT2D eigenvalue weighted by atomic mass is 10.0. The molecule has 0 spiro atoms. The molecule has 1 saturated heterocycles. The highest BCUT2D eigenvalue weighted by molar-refractivity contribution is 5.67. The molecule has 1 aliphatic rings. The van der Waals surface area contributed by atoms with Crippen molar-refractivity contribution in [1.82, 2.24) is 10.2 Å². The van der Waals surface area contributed by atoms with Crippen molar-refractivity contribution in [3.05, 3.63) is 71.8 Å². The highest BCUT2D eigenvalue weighted by Crippen LogP contribution is 2.18. The van der Waals surface area contributed by atoms with Gasteiger partial charge in [0.25, 0.3) is 0 Å². The summed E-state index contributed by atoms with van der Waals surface area (Å²) in [5.74, 6) is 0. The molecule has 2 unspecified atom stereocenters. The maximum absolute atomic E-state index is 12.3. The van der Waals surface area contributed by atoms with Gasteiger partial charge in [0.1, 0.15) is 12.7 Å². The Morgan fingerprint density at radius 3 is 2.37 bits per heavy atom. The normalized spacial score (nSPS) is 17.1. The lowest BCUT2D eigenvalue weighted by Gasteiger charge is -2.32. The molecule has 0 radical (unpaired) electrons. The van der Waals surface area contributed by atoms with Crippen molar-refractivity contribution in [2.45, 2.75) is 18.8 Å². The Labute approximate surface area is 159 Å². The van der Waals surface area contributed by atoms with Crippen molar-refractivity contribution in [2.24, 2.45) is 0 Å². The zero-order valence-corrected chi connectivity index (χ0v) is 15.3. The van der Waals surface area contributed by atoms with Crippen LogP contribution < -0.4 is 5.32 Å². The fourth-order valence-electron chi connectivity index (χ4n) is 3.09. The van der Waals surface area contributed by atoms with Crippen LogP contribution in [-0.2, 0) is 16.1 Å². The molecule has 1 amide bonds. The van der Waals surface area contributed by atoms with Gasteiger partial charge in [0, 0.05) is 19.6 Å². The van der Waals surface area contributed by atoms with E-state index >= 15 is 0 Å². The van der Waals surface area contributed by atoms with Crippen LogP contribution in [0.3, 0.4) is 0 Å². The Morgan fingerprint density at radius 1 is 1.07 bits per heavy atom. The summed E-state index contributed by atoms with van der Waals surface area (Å²) in [5.41, 5.74) is 1.68. The zero-order chi connectivity index (χ0) is 18.9. The molecule has 0 saturated carbocycles. The minimum Gasteiger partial charge on any atom is -0.445 e. The van der Waals surface area contributed by atoms with Crippen molar-refractivity contribution in [3.63, 3.8) is 0 Å². The number of benzene rings is 2. The smallest absolute Gasteiger partial charge is 0.407 e. The summed E-state index contributed by atoms with van der Waals surface area (Å²) in [6.07, 6.45) is -1.36. The second kappa shape index (κ2) is 10.1. The number of carbonyl (C=O) groups excluding carboxylic acids is 1. The average molecular weight is 370 g/mol. The second-order valence-corrected chi connectivity index (χ2v) is 6.58. The van der Waals surface area contributed by atoms with Gasteiger partial charge in [-0.15, -0.1) is 0 Å². The van der Waals surface area contributed by atoms with Crippen LogP contribution in [0, 0.1) is 0 Å². The molecule has 1 fully saturated rings. The summed E-state index contributed by atoms with van der Waals surface area (Å²) in [6, 6.07) is 18.4.